The van der Waals surface area contributed by atoms with Crippen molar-refractivity contribution in [2.24, 2.45) is 5.92 Å². The second-order valence-corrected chi connectivity index (χ2v) is 2.18. The number of hydrogen-bond donors (Lipinski definition) is 3. The van der Waals surface area contributed by atoms with Crippen LogP contribution in [0, 0.1) is 5.92 Å². The van der Waals surface area contributed by atoms with Crippen LogP contribution in [0.5, 0.6) is 0 Å². The number of aliphatic hydroxyl groups excluding tert-OH is 3. The van der Waals surface area contributed by atoms with Crippen LogP contribution in [0.15, 0.2) is 12.7 Å². The van der Waals surface area contributed by atoms with Gasteiger partial charge in [-0.05, 0) is 6.42 Å². The summed E-state index contributed by atoms with van der Waals surface area (Å²) in [6.07, 6.45) is 1.05. The Morgan fingerprint density at radius 3 is 2.30 bits per heavy atom. The molecule has 2 atom stereocenters. The van der Waals surface area contributed by atoms with E-state index in [9.17, 15) is 0 Å². The normalized spacial score (nSPS) is 16.3. The number of aliphatic hydroxyl groups is 3. The third-order valence-electron chi connectivity index (χ3n) is 1.46. The van der Waals surface area contributed by atoms with E-state index in [1.165, 1.54) is 6.08 Å². The van der Waals surface area contributed by atoms with Gasteiger partial charge in [0.15, 0.2) is 0 Å². The predicted octanol–water partition coefficient (Wildman–Crippen LogP) is -0.476. The molecule has 0 aromatic rings. The molecule has 0 aliphatic heterocycles. The fraction of sp³-hybridized carbons (Fsp3) is 0.714. The number of hydrogen-bond acceptors (Lipinski definition) is 3. The molecule has 3 N–H and O–H groups in total. The zero-order valence-electron chi connectivity index (χ0n) is 5.90. The Kier molecular flexibility index (Phi) is 5.20. The summed E-state index contributed by atoms with van der Waals surface area (Å²) in [5.41, 5.74) is 0. The molecule has 0 spiro atoms. The molecule has 0 radical (unpaired) electrons. The van der Waals surface area contributed by atoms with E-state index in [-0.39, 0.29) is 19.1 Å². The van der Waals surface area contributed by atoms with E-state index in [0.717, 1.165) is 0 Å². The van der Waals surface area contributed by atoms with Crippen molar-refractivity contribution in [3.05, 3.63) is 12.7 Å². The standard InChI is InChI=1S/C7H14O3/c1-2-7(10)6(5-9)3-4-8/h2,6-10H,1,3-5H2. The first-order chi connectivity index (χ1) is 4.76. The molecule has 0 heterocycles. The van der Waals surface area contributed by atoms with E-state index in [1.807, 2.05) is 0 Å². The molecule has 0 bridgehead atoms. The second kappa shape index (κ2) is 5.41. The lowest BCUT2D eigenvalue weighted by atomic mass is 10.0. The Hall–Kier alpha value is -0.380. The van der Waals surface area contributed by atoms with Crippen LogP contribution < -0.4 is 0 Å². The van der Waals surface area contributed by atoms with Gasteiger partial charge in [0.1, 0.15) is 0 Å². The van der Waals surface area contributed by atoms with E-state index < -0.39 is 6.10 Å². The van der Waals surface area contributed by atoms with Crippen molar-refractivity contribution in [3.63, 3.8) is 0 Å². The zero-order valence-corrected chi connectivity index (χ0v) is 5.90. The maximum atomic E-state index is 9.06. The van der Waals surface area contributed by atoms with Crippen LogP contribution in [-0.4, -0.2) is 34.6 Å². The molecule has 2 unspecified atom stereocenters. The SMILES string of the molecule is C=CC(O)C(CO)CCO. The minimum Gasteiger partial charge on any atom is -0.396 e. The minimum absolute atomic E-state index is 0.0177. The predicted molar refractivity (Wildman–Crippen MR) is 38.5 cm³/mol. The Morgan fingerprint density at radius 2 is 2.00 bits per heavy atom. The molecule has 10 heavy (non-hydrogen) atoms. The Balaban J connectivity index is 3.67. The molecule has 3 nitrogen and oxygen atoms in total. The van der Waals surface area contributed by atoms with Crippen LogP contribution in [0.1, 0.15) is 6.42 Å². The summed E-state index contributed by atoms with van der Waals surface area (Å²) in [5.74, 6) is -0.275. The quantitative estimate of drug-likeness (QED) is 0.459. The second-order valence-electron chi connectivity index (χ2n) is 2.18. The topological polar surface area (TPSA) is 60.7 Å². The zero-order chi connectivity index (χ0) is 7.98. The molecule has 0 aromatic carbocycles. The van der Waals surface area contributed by atoms with E-state index in [1.54, 1.807) is 0 Å². The van der Waals surface area contributed by atoms with E-state index in [4.69, 9.17) is 15.3 Å². The van der Waals surface area contributed by atoms with Crippen molar-refractivity contribution in [2.45, 2.75) is 12.5 Å². The average Bonchev–Trinajstić information content (AvgIpc) is 1.99. The van der Waals surface area contributed by atoms with Gasteiger partial charge in [-0.2, -0.15) is 0 Å². The van der Waals surface area contributed by atoms with Crippen molar-refractivity contribution in [1.29, 1.82) is 0 Å². The highest BCUT2D eigenvalue weighted by atomic mass is 16.3. The van der Waals surface area contributed by atoms with Crippen molar-refractivity contribution >= 4 is 0 Å². The lowest BCUT2D eigenvalue weighted by Crippen LogP contribution is -2.22. The number of rotatable bonds is 5. The fourth-order valence-electron chi connectivity index (χ4n) is 0.728. The molecular weight excluding hydrogens is 132 g/mol. The molecule has 0 amide bonds. The van der Waals surface area contributed by atoms with Gasteiger partial charge in [0.25, 0.3) is 0 Å². The largest absolute Gasteiger partial charge is 0.396 e. The summed E-state index contributed by atoms with van der Waals surface area (Å²) in [6, 6.07) is 0. The third-order valence-corrected chi connectivity index (χ3v) is 1.46. The Labute approximate surface area is 60.6 Å². The monoisotopic (exact) mass is 146 g/mol. The lowest BCUT2D eigenvalue weighted by Gasteiger charge is -2.15. The molecule has 0 rings (SSSR count). The van der Waals surface area contributed by atoms with Crippen LogP contribution in [0.25, 0.3) is 0 Å². The molecule has 60 valence electrons. The first-order valence-corrected chi connectivity index (χ1v) is 3.28. The maximum Gasteiger partial charge on any atom is 0.0769 e. The van der Waals surface area contributed by atoms with Crippen LogP contribution in [0.4, 0.5) is 0 Å². The molecule has 0 saturated carbocycles. The maximum absolute atomic E-state index is 9.06. The lowest BCUT2D eigenvalue weighted by molar-refractivity contribution is 0.0815. The molecule has 0 aliphatic carbocycles. The summed E-state index contributed by atoms with van der Waals surface area (Å²) in [6.45, 7) is 3.23. The molecule has 3 heteroatoms. The van der Waals surface area contributed by atoms with Gasteiger partial charge < -0.3 is 15.3 Å². The van der Waals surface area contributed by atoms with E-state index in [0.29, 0.717) is 6.42 Å². The van der Waals surface area contributed by atoms with Gasteiger partial charge in [0, 0.05) is 19.1 Å². The van der Waals surface area contributed by atoms with Gasteiger partial charge in [-0.25, -0.2) is 0 Å². The fourth-order valence-corrected chi connectivity index (χ4v) is 0.728. The van der Waals surface area contributed by atoms with Crippen LogP contribution in [-0.2, 0) is 0 Å². The van der Waals surface area contributed by atoms with Gasteiger partial charge in [-0.1, -0.05) is 6.08 Å². The van der Waals surface area contributed by atoms with Crippen LogP contribution in [0.2, 0.25) is 0 Å². The summed E-state index contributed by atoms with van der Waals surface area (Å²) in [7, 11) is 0. The molecule has 0 fully saturated rings. The highest BCUT2D eigenvalue weighted by molar-refractivity contribution is 4.83. The van der Waals surface area contributed by atoms with E-state index >= 15 is 0 Å². The first kappa shape index (κ1) is 9.62. The van der Waals surface area contributed by atoms with Crippen LogP contribution >= 0.6 is 0 Å². The van der Waals surface area contributed by atoms with Crippen molar-refractivity contribution in [1.82, 2.24) is 0 Å². The van der Waals surface area contributed by atoms with Gasteiger partial charge >= 0.3 is 0 Å². The van der Waals surface area contributed by atoms with Gasteiger partial charge in [0.2, 0.25) is 0 Å². The van der Waals surface area contributed by atoms with E-state index in [2.05, 4.69) is 6.58 Å². The summed E-state index contributed by atoms with van der Waals surface area (Å²) < 4.78 is 0. The van der Waals surface area contributed by atoms with Crippen LogP contribution in [0.3, 0.4) is 0 Å². The molecule has 0 saturated heterocycles. The summed E-state index contributed by atoms with van der Waals surface area (Å²) in [5, 5.41) is 26.2. The Bertz CT molecular complexity index is 92.9. The highest BCUT2D eigenvalue weighted by Crippen LogP contribution is 2.07. The molecule has 0 aromatic heterocycles. The molecule has 0 aliphatic rings. The minimum atomic E-state index is -0.711. The van der Waals surface area contributed by atoms with Crippen molar-refractivity contribution in [2.75, 3.05) is 13.2 Å². The van der Waals surface area contributed by atoms with Crippen molar-refractivity contribution < 1.29 is 15.3 Å². The summed E-state index contributed by atoms with van der Waals surface area (Å²) >= 11 is 0. The Morgan fingerprint density at radius 1 is 1.40 bits per heavy atom. The third kappa shape index (κ3) is 2.96. The van der Waals surface area contributed by atoms with Gasteiger partial charge in [0.05, 0.1) is 6.10 Å². The highest BCUT2D eigenvalue weighted by Gasteiger charge is 2.13. The molecular formula is C7H14O3. The smallest absolute Gasteiger partial charge is 0.0769 e. The summed E-state index contributed by atoms with van der Waals surface area (Å²) in [4.78, 5) is 0. The average molecular weight is 146 g/mol. The van der Waals surface area contributed by atoms with Crippen molar-refractivity contribution in [3.8, 4) is 0 Å². The first-order valence-electron chi connectivity index (χ1n) is 3.28. The van der Waals surface area contributed by atoms with Gasteiger partial charge in [-0.3, -0.25) is 0 Å². The van der Waals surface area contributed by atoms with Gasteiger partial charge in [-0.15, -0.1) is 6.58 Å².